The molecule has 3 atom stereocenters. The molecule has 0 amide bonds. The molecule has 0 spiro atoms. The molecule has 1 fully saturated rings. The smallest absolute Gasteiger partial charge is 0.123 e. The van der Waals surface area contributed by atoms with Crippen LogP contribution in [0.25, 0.3) is 0 Å². The third-order valence-electron chi connectivity index (χ3n) is 4.16. The van der Waals surface area contributed by atoms with Crippen LogP contribution in [0, 0.1) is 11.2 Å². The first kappa shape index (κ1) is 17.4. The lowest BCUT2D eigenvalue weighted by atomic mass is 9.81. The Morgan fingerprint density at radius 3 is 2.55 bits per heavy atom. The number of hydrogen-bond donors (Lipinski definition) is 2. The summed E-state index contributed by atoms with van der Waals surface area (Å²) in [7, 11) is 0. The normalized spacial score (nSPS) is 22.3. The average molecular weight is 308 g/mol. The van der Waals surface area contributed by atoms with E-state index in [-0.39, 0.29) is 17.3 Å². The molecular formula is C18H29FN2O. The Bertz CT molecular complexity index is 449. The fraction of sp³-hybridized carbons (Fsp3) is 0.667. The van der Waals surface area contributed by atoms with E-state index < -0.39 is 0 Å². The van der Waals surface area contributed by atoms with Gasteiger partial charge in [0.25, 0.3) is 0 Å². The van der Waals surface area contributed by atoms with Gasteiger partial charge in [-0.25, -0.2) is 4.39 Å². The minimum atomic E-state index is -0.187. The van der Waals surface area contributed by atoms with Crippen molar-refractivity contribution in [1.29, 1.82) is 0 Å². The highest BCUT2D eigenvalue weighted by Crippen LogP contribution is 2.33. The summed E-state index contributed by atoms with van der Waals surface area (Å²) in [5.74, 6) is -0.187. The first-order chi connectivity index (χ1) is 10.4. The lowest BCUT2D eigenvalue weighted by Gasteiger charge is -2.36. The van der Waals surface area contributed by atoms with E-state index in [9.17, 15) is 4.39 Å². The minimum absolute atomic E-state index is 0.0581. The molecule has 1 heterocycles. The van der Waals surface area contributed by atoms with Gasteiger partial charge >= 0.3 is 0 Å². The highest BCUT2D eigenvalue weighted by molar-refractivity contribution is 5.21. The van der Waals surface area contributed by atoms with Gasteiger partial charge in [0.05, 0.1) is 13.2 Å². The van der Waals surface area contributed by atoms with Gasteiger partial charge in [0, 0.05) is 24.7 Å². The molecule has 3 unspecified atom stereocenters. The van der Waals surface area contributed by atoms with E-state index in [4.69, 9.17) is 4.74 Å². The monoisotopic (exact) mass is 308 g/mol. The largest absolute Gasteiger partial charge is 0.379 e. The maximum Gasteiger partial charge on any atom is 0.123 e. The van der Waals surface area contributed by atoms with Gasteiger partial charge in [0.15, 0.2) is 0 Å². The molecular weight excluding hydrogens is 279 g/mol. The molecule has 1 aliphatic heterocycles. The standard InChI is InChI=1S/C18H29FN2O/c1-13(11-16-12-22-10-9-20-16)21-17(18(2,3)4)14-5-7-15(19)8-6-14/h5-8,13,16-17,20-21H,9-12H2,1-4H3. The van der Waals surface area contributed by atoms with Crippen LogP contribution < -0.4 is 10.6 Å². The van der Waals surface area contributed by atoms with Crippen molar-refractivity contribution in [3.63, 3.8) is 0 Å². The van der Waals surface area contributed by atoms with Crippen LogP contribution in [0.3, 0.4) is 0 Å². The summed E-state index contributed by atoms with van der Waals surface area (Å²) in [5.41, 5.74) is 1.19. The third kappa shape index (κ3) is 5.04. The Morgan fingerprint density at radius 2 is 2.00 bits per heavy atom. The molecule has 22 heavy (non-hydrogen) atoms. The number of morpholine rings is 1. The molecule has 1 aromatic carbocycles. The summed E-state index contributed by atoms with van der Waals surface area (Å²) in [5, 5.41) is 7.22. The molecule has 1 aliphatic rings. The number of halogens is 1. The predicted octanol–water partition coefficient (Wildman–Crippen LogP) is 3.27. The highest BCUT2D eigenvalue weighted by atomic mass is 19.1. The van der Waals surface area contributed by atoms with Crippen molar-refractivity contribution >= 4 is 0 Å². The van der Waals surface area contributed by atoms with E-state index in [1.54, 1.807) is 0 Å². The Hall–Kier alpha value is -0.970. The van der Waals surface area contributed by atoms with Gasteiger partial charge in [-0.05, 0) is 36.5 Å². The van der Waals surface area contributed by atoms with Crippen molar-refractivity contribution in [2.45, 2.75) is 52.2 Å². The molecule has 4 heteroatoms. The quantitative estimate of drug-likeness (QED) is 0.876. The van der Waals surface area contributed by atoms with Gasteiger partial charge < -0.3 is 15.4 Å². The zero-order chi connectivity index (χ0) is 16.2. The van der Waals surface area contributed by atoms with Gasteiger partial charge in [-0.3, -0.25) is 0 Å². The number of rotatable bonds is 5. The topological polar surface area (TPSA) is 33.3 Å². The van der Waals surface area contributed by atoms with Crippen molar-refractivity contribution in [3.05, 3.63) is 35.6 Å². The molecule has 0 radical (unpaired) electrons. The number of ether oxygens (including phenoxy) is 1. The molecule has 1 saturated heterocycles. The summed E-state index contributed by atoms with van der Waals surface area (Å²) in [4.78, 5) is 0. The second-order valence-electron chi connectivity index (χ2n) is 7.38. The van der Waals surface area contributed by atoms with E-state index in [0.717, 1.165) is 31.7 Å². The molecule has 0 saturated carbocycles. The van der Waals surface area contributed by atoms with Crippen LogP contribution in [-0.4, -0.2) is 31.8 Å². The maximum absolute atomic E-state index is 13.2. The molecule has 124 valence electrons. The van der Waals surface area contributed by atoms with Gasteiger partial charge in [-0.2, -0.15) is 0 Å². The Morgan fingerprint density at radius 1 is 1.32 bits per heavy atom. The van der Waals surface area contributed by atoms with Gasteiger partial charge in [0.2, 0.25) is 0 Å². The predicted molar refractivity (Wildman–Crippen MR) is 88.4 cm³/mol. The average Bonchev–Trinajstić information content (AvgIpc) is 2.46. The molecule has 0 bridgehead atoms. The van der Waals surface area contributed by atoms with Gasteiger partial charge in [0.1, 0.15) is 5.82 Å². The Labute approximate surface area is 133 Å². The Kier molecular flexibility index (Phi) is 5.95. The molecule has 2 rings (SSSR count). The second-order valence-corrected chi connectivity index (χ2v) is 7.38. The number of benzene rings is 1. The third-order valence-corrected chi connectivity index (χ3v) is 4.16. The van der Waals surface area contributed by atoms with E-state index in [1.807, 2.05) is 12.1 Å². The number of hydrogen-bond acceptors (Lipinski definition) is 3. The molecule has 0 aromatic heterocycles. The summed E-state index contributed by atoms with van der Waals surface area (Å²) in [6.45, 7) is 11.4. The fourth-order valence-electron chi connectivity index (χ4n) is 3.05. The van der Waals surface area contributed by atoms with E-state index >= 15 is 0 Å². The van der Waals surface area contributed by atoms with Crippen LogP contribution in [0.5, 0.6) is 0 Å². The molecule has 2 N–H and O–H groups in total. The van der Waals surface area contributed by atoms with Crippen molar-refractivity contribution in [2.24, 2.45) is 5.41 Å². The summed E-state index contributed by atoms with van der Waals surface area (Å²) in [6.07, 6.45) is 1.02. The summed E-state index contributed by atoms with van der Waals surface area (Å²) < 4.78 is 18.7. The van der Waals surface area contributed by atoms with E-state index in [1.165, 1.54) is 12.1 Å². The summed E-state index contributed by atoms with van der Waals surface area (Å²) in [6, 6.07) is 7.79. The lowest BCUT2D eigenvalue weighted by molar-refractivity contribution is 0.0697. The van der Waals surface area contributed by atoms with Crippen molar-refractivity contribution in [1.82, 2.24) is 10.6 Å². The highest BCUT2D eigenvalue weighted by Gasteiger charge is 2.28. The summed E-state index contributed by atoms with van der Waals surface area (Å²) >= 11 is 0. The van der Waals surface area contributed by atoms with Crippen LogP contribution in [0.1, 0.15) is 45.7 Å². The van der Waals surface area contributed by atoms with Crippen LogP contribution >= 0.6 is 0 Å². The second kappa shape index (κ2) is 7.53. The van der Waals surface area contributed by atoms with Gasteiger partial charge in [-0.15, -0.1) is 0 Å². The van der Waals surface area contributed by atoms with Gasteiger partial charge in [-0.1, -0.05) is 32.9 Å². The molecule has 3 nitrogen and oxygen atoms in total. The first-order valence-electron chi connectivity index (χ1n) is 8.19. The van der Waals surface area contributed by atoms with Crippen LogP contribution in [-0.2, 0) is 4.74 Å². The van der Waals surface area contributed by atoms with E-state index in [2.05, 4.69) is 38.3 Å². The van der Waals surface area contributed by atoms with E-state index in [0.29, 0.717) is 12.1 Å². The lowest BCUT2D eigenvalue weighted by Crippen LogP contribution is -2.46. The van der Waals surface area contributed by atoms with Crippen LogP contribution in [0.15, 0.2) is 24.3 Å². The van der Waals surface area contributed by atoms with Crippen LogP contribution in [0.2, 0.25) is 0 Å². The zero-order valence-electron chi connectivity index (χ0n) is 14.2. The Balaban J connectivity index is 2.01. The van der Waals surface area contributed by atoms with Crippen molar-refractivity contribution in [3.8, 4) is 0 Å². The first-order valence-corrected chi connectivity index (χ1v) is 8.19. The minimum Gasteiger partial charge on any atom is -0.379 e. The van der Waals surface area contributed by atoms with Crippen molar-refractivity contribution < 1.29 is 9.13 Å². The van der Waals surface area contributed by atoms with Crippen molar-refractivity contribution in [2.75, 3.05) is 19.8 Å². The molecule has 1 aromatic rings. The number of nitrogens with one attached hydrogen (secondary N) is 2. The maximum atomic E-state index is 13.2. The zero-order valence-corrected chi connectivity index (χ0v) is 14.2. The van der Waals surface area contributed by atoms with Crippen LogP contribution in [0.4, 0.5) is 4.39 Å². The fourth-order valence-corrected chi connectivity index (χ4v) is 3.05. The molecule has 0 aliphatic carbocycles. The SMILES string of the molecule is CC(CC1COCCN1)NC(c1ccc(F)cc1)C(C)(C)C.